The van der Waals surface area contributed by atoms with Gasteiger partial charge in [0.25, 0.3) is 0 Å². The van der Waals surface area contributed by atoms with E-state index in [1.807, 2.05) is 0 Å². The van der Waals surface area contributed by atoms with Crippen molar-refractivity contribution in [2.24, 2.45) is 0 Å². The summed E-state index contributed by atoms with van der Waals surface area (Å²) in [5.41, 5.74) is 1.04. The number of nitrogens with zero attached hydrogens (tertiary/aromatic N) is 1. The summed E-state index contributed by atoms with van der Waals surface area (Å²) in [5, 5.41) is 0. The monoisotopic (exact) mass is 481 g/mol. The molecule has 0 aromatic heterocycles. The van der Waals surface area contributed by atoms with Gasteiger partial charge in [0, 0.05) is 23.1 Å². The Morgan fingerprint density at radius 3 is 2.31 bits per heavy atom. The number of benzene rings is 2. The van der Waals surface area contributed by atoms with E-state index in [1.165, 1.54) is 28.6 Å². The van der Waals surface area contributed by atoms with Crippen LogP contribution >= 0.6 is 15.9 Å². The summed E-state index contributed by atoms with van der Waals surface area (Å²) >= 11 is 3.45. The molecular weight excluding hydrogens is 462 g/mol. The number of rotatable bonds is 5. The number of sulfonamides is 1. The molecule has 29 heavy (non-hydrogen) atoms. The molecule has 0 spiro atoms. The van der Waals surface area contributed by atoms with Gasteiger partial charge in [-0.15, -0.1) is 0 Å². The van der Waals surface area contributed by atoms with Crippen LogP contribution in [0.2, 0.25) is 0 Å². The molecule has 1 fully saturated rings. The van der Waals surface area contributed by atoms with Crippen molar-refractivity contribution >= 4 is 31.9 Å². The summed E-state index contributed by atoms with van der Waals surface area (Å²) in [6.45, 7) is 2.09. The molecule has 7 nitrogen and oxygen atoms in total. The summed E-state index contributed by atoms with van der Waals surface area (Å²) < 4.78 is 43.8. The average Bonchev–Trinajstić information content (AvgIpc) is 3.28. The minimum absolute atomic E-state index is 0.0455. The van der Waals surface area contributed by atoms with Crippen molar-refractivity contribution in [3.8, 4) is 11.5 Å². The van der Waals surface area contributed by atoms with Gasteiger partial charge in [0.15, 0.2) is 11.5 Å². The topological polar surface area (TPSA) is 82.1 Å². The van der Waals surface area contributed by atoms with Crippen LogP contribution in [0.3, 0.4) is 0 Å². The molecule has 0 saturated carbocycles. The summed E-state index contributed by atoms with van der Waals surface area (Å²) in [5.74, 6) is 0.729. The molecule has 0 atom stereocenters. The fourth-order valence-corrected chi connectivity index (χ4v) is 5.24. The van der Waals surface area contributed by atoms with E-state index in [-0.39, 0.29) is 11.5 Å². The van der Waals surface area contributed by atoms with Crippen LogP contribution in [0.4, 0.5) is 0 Å². The minimum Gasteiger partial charge on any atom is -0.486 e. The zero-order chi connectivity index (χ0) is 20.4. The van der Waals surface area contributed by atoms with Crippen molar-refractivity contribution < 1.29 is 27.4 Å². The quantitative estimate of drug-likeness (QED) is 0.608. The number of carbonyl (C=O) groups excluding carboxylic acids is 1. The van der Waals surface area contributed by atoms with Gasteiger partial charge in [0.05, 0.1) is 10.5 Å². The SMILES string of the molecule is O=C(OCc1cc2c(cc1Br)OCCO2)c1ccc(S(=O)(=O)N2CCCC2)cc1. The fourth-order valence-electron chi connectivity index (χ4n) is 3.28. The highest BCUT2D eigenvalue weighted by Gasteiger charge is 2.27. The molecular formula is C20H20BrNO6S. The van der Waals surface area contributed by atoms with E-state index in [0.717, 1.165) is 22.9 Å². The van der Waals surface area contributed by atoms with Gasteiger partial charge in [0.1, 0.15) is 19.8 Å². The molecule has 2 aromatic rings. The number of ether oxygens (including phenoxy) is 3. The minimum atomic E-state index is -3.50. The Bertz CT molecular complexity index is 1020. The third-order valence-corrected chi connectivity index (χ3v) is 7.51. The maximum Gasteiger partial charge on any atom is 0.338 e. The largest absolute Gasteiger partial charge is 0.486 e. The van der Waals surface area contributed by atoms with Gasteiger partial charge in [-0.3, -0.25) is 0 Å². The molecule has 2 aromatic carbocycles. The molecule has 2 aliphatic rings. The second-order valence-electron chi connectivity index (χ2n) is 6.80. The highest BCUT2D eigenvalue weighted by Crippen LogP contribution is 2.35. The van der Waals surface area contributed by atoms with Gasteiger partial charge in [-0.2, -0.15) is 4.31 Å². The Balaban J connectivity index is 1.43. The van der Waals surface area contributed by atoms with Crippen LogP contribution in [-0.2, 0) is 21.4 Å². The van der Waals surface area contributed by atoms with E-state index in [0.29, 0.717) is 43.4 Å². The first-order chi connectivity index (χ1) is 13.9. The Morgan fingerprint density at radius 2 is 1.66 bits per heavy atom. The summed E-state index contributed by atoms with van der Waals surface area (Å²) in [6.07, 6.45) is 1.75. The molecule has 0 radical (unpaired) electrons. The molecule has 0 N–H and O–H groups in total. The molecule has 0 bridgehead atoms. The first-order valence-corrected chi connectivity index (χ1v) is 11.5. The van der Waals surface area contributed by atoms with E-state index in [4.69, 9.17) is 14.2 Å². The molecule has 154 valence electrons. The maximum absolute atomic E-state index is 12.6. The number of carbonyl (C=O) groups is 1. The van der Waals surface area contributed by atoms with Crippen molar-refractivity contribution in [2.45, 2.75) is 24.3 Å². The Hall–Kier alpha value is -2.10. The first kappa shape index (κ1) is 20.2. The third kappa shape index (κ3) is 4.26. The first-order valence-electron chi connectivity index (χ1n) is 9.30. The van der Waals surface area contributed by atoms with Gasteiger partial charge < -0.3 is 14.2 Å². The fraction of sp³-hybridized carbons (Fsp3) is 0.350. The zero-order valence-electron chi connectivity index (χ0n) is 15.6. The van der Waals surface area contributed by atoms with Crippen molar-refractivity contribution in [1.82, 2.24) is 4.31 Å². The van der Waals surface area contributed by atoms with Crippen LogP contribution in [0.5, 0.6) is 11.5 Å². The Morgan fingerprint density at radius 1 is 1.03 bits per heavy atom. The lowest BCUT2D eigenvalue weighted by molar-refractivity contribution is 0.0471. The van der Waals surface area contributed by atoms with Gasteiger partial charge in [0.2, 0.25) is 10.0 Å². The van der Waals surface area contributed by atoms with Crippen LogP contribution in [0.25, 0.3) is 0 Å². The highest BCUT2D eigenvalue weighted by atomic mass is 79.9. The van der Waals surface area contributed by atoms with Crippen LogP contribution in [-0.4, -0.2) is 45.0 Å². The normalized spacial score (nSPS) is 16.6. The lowest BCUT2D eigenvalue weighted by Crippen LogP contribution is -2.27. The van der Waals surface area contributed by atoms with Crippen molar-refractivity contribution in [3.05, 3.63) is 52.0 Å². The lowest BCUT2D eigenvalue weighted by Gasteiger charge is -2.20. The van der Waals surface area contributed by atoms with Crippen molar-refractivity contribution in [1.29, 1.82) is 0 Å². The van der Waals surface area contributed by atoms with E-state index in [9.17, 15) is 13.2 Å². The maximum atomic E-state index is 12.6. The van der Waals surface area contributed by atoms with Crippen LogP contribution in [0.15, 0.2) is 45.8 Å². The third-order valence-electron chi connectivity index (χ3n) is 4.86. The van der Waals surface area contributed by atoms with Gasteiger partial charge in [-0.1, -0.05) is 15.9 Å². The van der Waals surface area contributed by atoms with Crippen molar-refractivity contribution in [3.63, 3.8) is 0 Å². The zero-order valence-corrected chi connectivity index (χ0v) is 18.0. The number of esters is 1. The van der Waals surface area contributed by atoms with Crippen molar-refractivity contribution in [2.75, 3.05) is 26.3 Å². The van der Waals surface area contributed by atoms with E-state index >= 15 is 0 Å². The number of halogens is 1. The van der Waals surface area contributed by atoms with E-state index in [2.05, 4.69) is 15.9 Å². The average molecular weight is 482 g/mol. The van der Waals surface area contributed by atoms with Crippen LogP contribution in [0.1, 0.15) is 28.8 Å². The molecule has 4 rings (SSSR count). The van der Waals surface area contributed by atoms with Crippen LogP contribution < -0.4 is 9.47 Å². The van der Waals surface area contributed by atoms with Gasteiger partial charge in [-0.05, 0) is 49.2 Å². The number of hydrogen-bond donors (Lipinski definition) is 0. The van der Waals surface area contributed by atoms with Gasteiger partial charge in [-0.25, -0.2) is 13.2 Å². The second-order valence-corrected chi connectivity index (χ2v) is 9.59. The molecule has 0 aliphatic carbocycles. The number of hydrogen-bond acceptors (Lipinski definition) is 6. The van der Waals surface area contributed by atoms with E-state index < -0.39 is 16.0 Å². The molecule has 2 heterocycles. The van der Waals surface area contributed by atoms with Crippen LogP contribution in [0, 0.1) is 0 Å². The molecule has 0 amide bonds. The molecule has 1 saturated heterocycles. The summed E-state index contributed by atoms with van der Waals surface area (Å²) in [7, 11) is -3.50. The number of fused-ring (bicyclic) bond motifs is 1. The van der Waals surface area contributed by atoms with Gasteiger partial charge >= 0.3 is 5.97 Å². The second kappa shape index (κ2) is 8.33. The smallest absolute Gasteiger partial charge is 0.338 e. The lowest BCUT2D eigenvalue weighted by atomic mass is 10.2. The summed E-state index contributed by atoms with van der Waals surface area (Å²) in [6, 6.07) is 9.41. The molecule has 2 aliphatic heterocycles. The molecule has 0 unspecified atom stereocenters. The highest BCUT2D eigenvalue weighted by molar-refractivity contribution is 9.10. The Kier molecular flexibility index (Phi) is 5.80. The predicted molar refractivity (Wildman–Crippen MR) is 109 cm³/mol. The van der Waals surface area contributed by atoms with E-state index in [1.54, 1.807) is 12.1 Å². The predicted octanol–water partition coefficient (Wildman–Crippen LogP) is 3.36. The molecule has 9 heteroatoms. The standard InChI is InChI=1S/C20H20BrNO6S/c21-17-12-19-18(26-9-10-27-19)11-15(17)13-28-20(23)14-3-5-16(6-4-14)29(24,25)22-7-1-2-8-22/h3-6,11-12H,1-2,7-10,13H2. The Labute approximate surface area is 177 Å². The summed E-state index contributed by atoms with van der Waals surface area (Å²) in [4.78, 5) is 12.6.